The van der Waals surface area contributed by atoms with Crippen molar-refractivity contribution in [3.63, 3.8) is 0 Å². The summed E-state index contributed by atoms with van der Waals surface area (Å²) in [6.07, 6.45) is 3.29. The average Bonchev–Trinajstić information content (AvgIpc) is 2.90. The highest BCUT2D eigenvalue weighted by Gasteiger charge is 2.24. The summed E-state index contributed by atoms with van der Waals surface area (Å²) in [5.74, 6) is 0.157. The molecule has 2 aromatic rings. The average molecular weight is 383 g/mol. The van der Waals surface area contributed by atoms with Gasteiger partial charge in [0.05, 0.1) is 12.1 Å². The van der Waals surface area contributed by atoms with Gasteiger partial charge in [0.1, 0.15) is 0 Å². The number of carbonyl (C=O) groups excluding carboxylic acids is 2. The van der Waals surface area contributed by atoms with Gasteiger partial charge in [-0.05, 0) is 44.4 Å². The van der Waals surface area contributed by atoms with E-state index in [4.69, 9.17) is 0 Å². The van der Waals surface area contributed by atoms with E-state index in [0.717, 1.165) is 41.8 Å². The number of nitrogens with zero attached hydrogens (tertiary/aromatic N) is 3. The molecule has 1 aliphatic rings. The van der Waals surface area contributed by atoms with Crippen molar-refractivity contribution in [1.29, 1.82) is 0 Å². The summed E-state index contributed by atoms with van der Waals surface area (Å²) in [6, 6.07) is 7.93. The highest BCUT2D eigenvalue weighted by atomic mass is 16.2. The lowest BCUT2D eigenvalue weighted by molar-refractivity contribution is -0.130. The molecule has 1 aliphatic heterocycles. The normalized spacial score (nSPS) is 14.8. The molecule has 0 saturated carbocycles. The number of aromatic amines is 1. The van der Waals surface area contributed by atoms with Gasteiger partial charge in [-0.1, -0.05) is 25.5 Å². The molecule has 1 saturated heterocycles. The van der Waals surface area contributed by atoms with Crippen LogP contribution in [-0.2, 0) is 17.6 Å². The lowest BCUT2D eigenvalue weighted by Crippen LogP contribution is -2.38. The molecule has 150 valence electrons. The number of amides is 2. The van der Waals surface area contributed by atoms with Crippen LogP contribution in [0, 0.1) is 13.8 Å². The van der Waals surface area contributed by atoms with Crippen LogP contribution in [0.4, 0.5) is 0 Å². The molecular formula is C22H30N4O2. The molecule has 6 nitrogen and oxygen atoms in total. The number of hydrogen-bond donors (Lipinski definition) is 1. The van der Waals surface area contributed by atoms with E-state index in [1.165, 1.54) is 5.56 Å². The van der Waals surface area contributed by atoms with Crippen LogP contribution < -0.4 is 0 Å². The van der Waals surface area contributed by atoms with Gasteiger partial charge < -0.3 is 9.80 Å². The van der Waals surface area contributed by atoms with Crippen molar-refractivity contribution >= 4 is 11.8 Å². The van der Waals surface area contributed by atoms with Crippen LogP contribution in [0.5, 0.6) is 0 Å². The van der Waals surface area contributed by atoms with Gasteiger partial charge in [-0.3, -0.25) is 14.7 Å². The number of rotatable bonds is 5. The Morgan fingerprint density at radius 1 is 1.04 bits per heavy atom. The number of aryl methyl sites for hydroxylation is 3. The van der Waals surface area contributed by atoms with E-state index in [2.05, 4.69) is 17.1 Å². The first kappa shape index (κ1) is 20.1. The minimum absolute atomic E-state index is 0.0545. The highest BCUT2D eigenvalue weighted by molar-refractivity contribution is 5.94. The van der Waals surface area contributed by atoms with Crippen molar-refractivity contribution in [3.8, 4) is 0 Å². The van der Waals surface area contributed by atoms with E-state index < -0.39 is 0 Å². The summed E-state index contributed by atoms with van der Waals surface area (Å²) in [7, 11) is 0. The predicted octanol–water partition coefficient (Wildman–Crippen LogP) is 2.90. The number of aromatic nitrogens is 2. The smallest absolute Gasteiger partial charge is 0.253 e. The Bertz CT molecular complexity index is 806. The maximum atomic E-state index is 12.9. The van der Waals surface area contributed by atoms with Gasteiger partial charge in [0, 0.05) is 43.0 Å². The van der Waals surface area contributed by atoms with Crippen molar-refractivity contribution in [1.82, 2.24) is 20.0 Å². The first-order valence-electron chi connectivity index (χ1n) is 10.2. The van der Waals surface area contributed by atoms with Crippen LogP contribution in [0.15, 0.2) is 24.3 Å². The summed E-state index contributed by atoms with van der Waals surface area (Å²) in [4.78, 5) is 29.4. The van der Waals surface area contributed by atoms with Gasteiger partial charge in [0.2, 0.25) is 5.91 Å². The number of H-pyrrole nitrogens is 1. The SMILES string of the molecule is CCCc1ccc(C(=O)N2CCCN(C(=O)Cc3c(C)n[nH]c3C)CC2)cc1. The second-order valence-corrected chi connectivity index (χ2v) is 7.56. The Hall–Kier alpha value is -2.63. The standard InChI is InChI=1S/C22H30N4O2/c1-4-6-18-7-9-19(10-8-18)22(28)26-12-5-11-25(13-14-26)21(27)15-20-16(2)23-24-17(20)3/h7-10H,4-6,11-15H2,1-3H3,(H,23,24). The minimum atomic E-state index is 0.0545. The Kier molecular flexibility index (Phi) is 6.49. The van der Waals surface area contributed by atoms with Crippen molar-refractivity contribution in [2.24, 2.45) is 0 Å². The Balaban J connectivity index is 1.59. The molecule has 0 aliphatic carbocycles. The highest BCUT2D eigenvalue weighted by Crippen LogP contribution is 2.15. The van der Waals surface area contributed by atoms with Gasteiger partial charge in [-0.25, -0.2) is 0 Å². The molecular weight excluding hydrogens is 352 g/mol. The molecule has 1 aromatic heterocycles. The second-order valence-electron chi connectivity index (χ2n) is 7.56. The maximum Gasteiger partial charge on any atom is 0.253 e. The van der Waals surface area contributed by atoms with Gasteiger partial charge >= 0.3 is 0 Å². The van der Waals surface area contributed by atoms with Crippen molar-refractivity contribution in [3.05, 3.63) is 52.3 Å². The van der Waals surface area contributed by atoms with Crippen LogP contribution >= 0.6 is 0 Å². The molecule has 2 amide bonds. The molecule has 0 atom stereocenters. The van der Waals surface area contributed by atoms with Crippen LogP contribution in [0.2, 0.25) is 0 Å². The fraction of sp³-hybridized carbons (Fsp3) is 0.500. The molecule has 1 fully saturated rings. The lowest BCUT2D eigenvalue weighted by atomic mass is 10.1. The third-order valence-corrected chi connectivity index (χ3v) is 5.48. The fourth-order valence-corrected chi connectivity index (χ4v) is 3.75. The molecule has 1 aromatic carbocycles. The summed E-state index contributed by atoms with van der Waals surface area (Å²) in [5.41, 5.74) is 4.79. The maximum absolute atomic E-state index is 12.9. The monoisotopic (exact) mass is 382 g/mol. The number of hydrogen-bond acceptors (Lipinski definition) is 3. The van der Waals surface area contributed by atoms with Crippen LogP contribution in [0.1, 0.15) is 52.6 Å². The third kappa shape index (κ3) is 4.61. The molecule has 0 spiro atoms. The molecule has 0 radical (unpaired) electrons. The zero-order valence-electron chi connectivity index (χ0n) is 17.1. The third-order valence-electron chi connectivity index (χ3n) is 5.48. The van der Waals surface area contributed by atoms with E-state index in [0.29, 0.717) is 32.6 Å². The zero-order valence-corrected chi connectivity index (χ0v) is 17.1. The molecule has 6 heteroatoms. The van der Waals surface area contributed by atoms with Gasteiger partial charge in [0.15, 0.2) is 0 Å². The van der Waals surface area contributed by atoms with E-state index in [1.807, 2.05) is 47.9 Å². The van der Waals surface area contributed by atoms with Crippen molar-refractivity contribution in [2.75, 3.05) is 26.2 Å². The van der Waals surface area contributed by atoms with Crippen LogP contribution in [0.3, 0.4) is 0 Å². The lowest BCUT2D eigenvalue weighted by Gasteiger charge is -2.22. The quantitative estimate of drug-likeness (QED) is 0.864. The molecule has 0 unspecified atom stereocenters. The number of carbonyl (C=O) groups is 2. The second kappa shape index (κ2) is 9.04. The summed E-state index contributed by atoms with van der Waals surface area (Å²) < 4.78 is 0. The first-order chi connectivity index (χ1) is 13.5. The molecule has 28 heavy (non-hydrogen) atoms. The molecule has 2 heterocycles. The van der Waals surface area contributed by atoms with Crippen LogP contribution in [-0.4, -0.2) is 58.0 Å². The predicted molar refractivity (Wildman–Crippen MR) is 109 cm³/mol. The van der Waals surface area contributed by atoms with Gasteiger partial charge in [-0.15, -0.1) is 0 Å². The molecule has 0 bridgehead atoms. The van der Waals surface area contributed by atoms with E-state index in [1.54, 1.807) is 0 Å². The van der Waals surface area contributed by atoms with E-state index in [9.17, 15) is 9.59 Å². The van der Waals surface area contributed by atoms with E-state index >= 15 is 0 Å². The van der Waals surface area contributed by atoms with Crippen LogP contribution in [0.25, 0.3) is 0 Å². The fourth-order valence-electron chi connectivity index (χ4n) is 3.75. The van der Waals surface area contributed by atoms with Crippen molar-refractivity contribution in [2.45, 2.75) is 46.5 Å². The number of benzene rings is 1. The van der Waals surface area contributed by atoms with E-state index in [-0.39, 0.29) is 11.8 Å². The first-order valence-corrected chi connectivity index (χ1v) is 10.2. The summed E-state index contributed by atoms with van der Waals surface area (Å²) in [5, 5.41) is 7.11. The van der Waals surface area contributed by atoms with Gasteiger partial charge in [-0.2, -0.15) is 5.10 Å². The summed E-state index contributed by atoms with van der Waals surface area (Å²) >= 11 is 0. The summed E-state index contributed by atoms with van der Waals surface area (Å²) in [6.45, 7) is 8.53. The number of nitrogens with one attached hydrogen (secondary N) is 1. The van der Waals surface area contributed by atoms with Crippen molar-refractivity contribution < 1.29 is 9.59 Å². The topological polar surface area (TPSA) is 69.3 Å². The van der Waals surface area contributed by atoms with Gasteiger partial charge in [0.25, 0.3) is 5.91 Å². The Labute approximate surface area is 166 Å². The molecule has 3 rings (SSSR count). The zero-order chi connectivity index (χ0) is 20.1. The minimum Gasteiger partial charge on any atom is -0.341 e. The molecule has 1 N–H and O–H groups in total. The Morgan fingerprint density at radius 3 is 2.36 bits per heavy atom. The largest absolute Gasteiger partial charge is 0.341 e. The Morgan fingerprint density at radius 2 is 1.71 bits per heavy atom.